The van der Waals surface area contributed by atoms with Gasteiger partial charge in [-0.3, -0.25) is 9.48 Å². The number of ether oxygens (including phenoxy) is 1. The number of rotatable bonds is 6. The highest BCUT2D eigenvalue weighted by Gasteiger charge is 2.39. The molecule has 1 amide bonds. The predicted octanol–water partition coefficient (Wildman–Crippen LogP) is 2.73. The van der Waals surface area contributed by atoms with Gasteiger partial charge in [0.2, 0.25) is 0 Å². The molecule has 6 heteroatoms. The smallest absolute Gasteiger partial charge is 0.255 e. The molecule has 2 aromatic rings. The van der Waals surface area contributed by atoms with E-state index in [9.17, 15) is 4.79 Å². The Labute approximate surface area is 146 Å². The highest BCUT2D eigenvalue weighted by molar-refractivity contribution is 7.08. The van der Waals surface area contributed by atoms with Gasteiger partial charge in [0, 0.05) is 31.8 Å². The zero-order valence-electron chi connectivity index (χ0n) is 13.9. The highest BCUT2D eigenvalue weighted by atomic mass is 32.1. The average Bonchev–Trinajstić information content (AvgIpc) is 2.98. The van der Waals surface area contributed by atoms with E-state index >= 15 is 0 Å². The summed E-state index contributed by atoms with van der Waals surface area (Å²) in [5.41, 5.74) is 1.95. The summed E-state index contributed by atoms with van der Waals surface area (Å²) in [4.78, 5) is 14.9. The second-order valence-electron chi connectivity index (χ2n) is 6.91. The molecule has 1 saturated heterocycles. The van der Waals surface area contributed by atoms with Gasteiger partial charge >= 0.3 is 0 Å². The van der Waals surface area contributed by atoms with Crippen LogP contribution in [0.5, 0.6) is 0 Å². The maximum absolute atomic E-state index is 12.9. The molecule has 0 bridgehead atoms. The molecule has 1 aliphatic heterocycles. The topological polar surface area (TPSA) is 47.4 Å². The zero-order valence-corrected chi connectivity index (χ0v) is 14.7. The van der Waals surface area contributed by atoms with Gasteiger partial charge in [0.1, 0.15) is 0 Å². The number of hydrogen-bond acceptors (Lipinski definition) is 4. The number of nitrogens with zero attached hydrogens (tertiary/aromatic N) is 3. The summed E-state index contributed by atoms with van der Waals surface area (Å²) in [5.74, 6) is 0.869. The van der Waals surface area contributed by atoms with Crippen molar-refractivity contribution in [1.29, 1.82) is 0 Å². The molecule has 0 N–H and O–H groups in total. The molecule has 0 aromatic carbocycles. The van der Waals surface area contributed by atoms with Crippen LogP contribution in [0.4, 0.5) is 0 Å². The monoisotopic (exact) mass is 345 g/mol. The van der Waals surface area contributed by atoms with E-state index < -0.39 is 0 Å². The summed E-state index contributed by atoms with van der Waals surface area (Å²) in [7, 11) is 1.92. The van der Waals surface area contributed by atoms with Crippen molar-refractivity contribution in [3.63, 3.8) is 0 Å². The molecule has 1 saturated carbocycles. The van der Waals surface area contributed by atoms with Gasteiger partial charge in [-0.25, -0.2) is 0 Å². The summed E-state index contributed by atoms with van der Waals surface area (Å²) in [6.45, 7) is 1.61. The minimum absolute atomic E-state index is 0.0975. The van der Waals surface area contributed by atoms with Gasteiger partial charge in [-0.15, -0.1) is 0 Å². The van der Waals surface area contributed by atoms with E-state index in [0.29, 0.717) is 0 Å². The van der Waals surface area contributed by atoms with Crippen molar-refractivity contribution < 1.29 is 9.53 Å². The van der Waals surface area contributed by atoms with Crippen LogP contribution in [0.2, 0.25) is 0 Å². The van der Waals surface area contributed by atoms with Gasteiger partial charge in [-0.1, -0.05) is 0 Å². The molecule has 0 unspecified atom stereocenters. The van der Waals surface area contributed by atoms with Crippen molar-refractivity contribution in [2.75, 3.05) is 13.2 Å². The van der Waals surface area contributed by atoms with Crippen LogP contribution in [-0.2, 0) is 18.2 Å². The molecular formula is C18H23N3O2S. The van der Waals surface area contributed by atoms with E-state index in [-0.39, 0.29) is 18.1 Å². The van der Waals surface area contributed by atoms with Crippen LogP contribution in [0.25, 0.3) is 0 Å². The van der Waals surface area contributed by atoms with E-state index in [1.807, 2.05) is 45.8 Å². The summed E-state index contributed by atoms with van der Waals surface area (Å²) in [6.07, 6.45) is 8.36. The number of thiophene rings is 1. The summed E-state index contributed by atoms with van der Waals surface area (Å²) >= 11 is 1.57. The van der Waals surface area contributed by atoms with Crippen LogP contribution in [0.15, 0.2) is 29.2 Å². The van der Waals surface area contributed by atoms with E-state index in [0.717, 1.165) is 43.0 Å². The zero-order chi connectivity index (χ0) is 16.5. The molecule has 4 rings (SSSR count). The maximum Gasteiger partial charge on any atom is 0.255 e. The fourth-order valence-corrected chi connectivity index (χ4v) is 4.06. The van der Waals surface area contributed by atoms with Crippen molar-refractivity contribution in [2.24, 2.45) is 13.0 Å². The normalized spacial score (nSPS) is 23.8. The molecule has 128 valence electrons. The SMILES string of the molecule is Cn1cc(C[C@H]2[C@H](OCC3CC3)CCN2C(=O)c2ccsc2)cn1. The number of likely N-dealkylation sites (tertiary alicyclic amines) is 1. The first-order chi connectivity index (χ1) is 11.7. The molecule has 1 aliphatic carbocycles. The molecule has 5 nitrogen and oxygen atoms in total. The molecule has 2 fully saturated rings. The Bertz CT molecular complexity index is 693. The number of hydrogen-bond donors (Lipinski definition) is 0. The van der Waals surface area contributed by atoms with Crippen molar-refractivity contribution in [1.82, 2.24) is 14.7 Å². The Morgan fingerprint density at radius 3 is 2.96 bits per heavy atom. The van der Waals surface area contributed by atoms with Crippen molar-refractivity contribution >= 4 is 17.2 Å². The van der Waals surface area contributed by atoms with E-state index in [1.165, 1.54) is 12.8 Å². The largest absolute Gasteiger partial charge is 0.376 e. The number of aromatic nitrogens is 2. The summed E-state index contributed by atoms with van der Waals surface area (Å²) in [5, 5.41) is 8.15. The second-order valence-corrected chi connectivity index (χ2v) is 7.69. The predicted molar refractivity (Wildman–Crippen MR) is 93.1 cm³/mol. The first-order valence-corrected chi connectivity index (χ1v) is 9.57. The number of amides is 1. The van der Waals surface area contributed by atoms with Gasteiger partial charge in [-0.2, -0.15) is 16.4 Å². The van der Waals surface area contributed by atoms with Gasteiger partial charge < -0.3 is 9.64 Å². The van der Waals surface area contributed by atoms with Crippen LogP contribution in [0.1, 0.15) is 35.2 Å². The Hall–Kier alpha value is -1.66. The minimum atomic E-state index is 0.0975. The standard InChI is InChI=1S/C18H23N3O2S/c1-20-10-14(9-19-20)8-16-17(23-11-13-2-3-13)4-6-21(16)18(22)15-5-7-24-12-15/h5,7,9-10,12-13,16-17H,2-4,6,8,11H2,1H3/t16-,17+/m0/s1. The molecule has 2 aliphatic rings. The molecule has 24 heavy (non-hydrogen) atoms. The molecular weight excluding hydrogens is 322 g/mol. The van der Waals surface area contributed by atoms with E-state index in [1.54, 1.807) is 11.3 Å². The van der Waals surface area contributed by atoms with Gasteiger partial charge in [-0.05, 0) is 48.6 Å². The first-order valence-electron chi connectivity index (χ1n) is 8.63. The Kier molecular flexibility index (Phi) is 4.41. The molecule has 2 atom stereocenters. The molecule has 0 radical (unpaired) electrons. The van der Waals surface area contributed by atoms with Crippen LogP contribution < -0.4 is 0 Å². The summed E-state index contributed by atoms with van der Waals surface area (Å²) < 4.78 is 8.01. The van der Waals surface area contributed by atoms with Gasteiger partial charge in [0.05, 0.1) is 23.9 Å². The average molecular weight is 345 g/mol. The molecule has 2 aromatic heterocycles. The van der Waals surface area contributed by atoms with Crippen LogP contribution in [0.3, 0.4) is 0 Å². The maximum atomic E-state index is 12.9. The summed E-state index contributed by atoms with van der Waals surface area (Å²) in [6, 6.07) is 2.01. The Morgan fingerprint density at radius 2 is 2.29 bits per heavy atom. The van der Waals surface area contributed by atoms with Gasteiger partial charge in [0.15, 0.2) is 0 Å². The van der Waals surface area contributed by atoms with E-state index in [2.05, 4.69) is 5.10 Å². The van der Waals surface area contributed by atoms with Crippen LogP contribution in [-0.4, -0.2) is 45.9 Å². The quantitative estimate of drug-likeness (QED) is 0.809. The fourth-order valence-electron chi connectivity index (χ4n) is 3.43. The van der Waals surface area contributed by atoms with Crippen LogP contribution >= 0.6 is 11.3 Å². The third-order valence-corrected chi connectivity index (χ3v) is 5.64. The minimum Gasteiger partial charge on any atom is -0.376 e. The molecule has 3 heterocycles. The lowest BCUT2D eigenvalue weighted by molar-refractivity contribution is 0.0200. The lowest BCUT2D eigenvalue weighted by atomic mass is 10.0. The fraction of sp³-hybridized carbons (Fsp3) is 0.556. The Morgan fingerprint density at radius 1 is 1.42 bits per heavy atom. The van der Waals surface area contributed by atoms with Gasteiger partial charge in [0.25, 0.3) is 5.91 Å². The van der Waals surface area contributed by atoms with Crippen molar-refractivity contribution in [3.05, 3.63) is 40.3 Å². The van der Waals surface area contributed by atoms with E-state index in [4.69, 9.17) is 4.74 Å². The first kappa shape index (κ1) is 15.8. The van der Waals surface area contributed by atoms with Crippen LogP contribution in [0, 0.1) is 5.92 Å². The lowest BCUT2D eigenvalue weighted by Gasteiger charge is -2.28. The third-order valence-electron chi connectivity index (χ3n) is 4.96. The number of aryl methyl sites for hydroxylation is 1. The third kappa shape index (κ3) is 3.39. The van der Waals surface area contributed by atoms with Crippen molar-refractivity contribution in [2.45, 2.75) is 37.8 Å². The Balaban J connectivity index is 1.51. The molecule has 0 spiro atoms. The van der Waals surface area contributed by atoms with Crippen molar-refractivity contribution in [3.8, 4) is 0 Å². The lowest BCUT2D eigenvalue weighted by Crippen LogP contribution is -2.42. The highest BCUT2D eigenvalue weighted by Crippen LogP contribution is 2.32. The number of carbonyl (C=O) groups is 1. The number of carbonyl (C=O) groups excluding carboxylic acids is 1. The second kappa shape index (κ2) is 6.69.